The van der Waals surface area contributed by atoms with Crippen LogP contribution in [-0.4, -0.2) is 72.8 Å². The number of amides is 1. The summed E-state index contributed by atoms with van der Waals surface area (Å²) in [5.41, 5.74) is 1.92. The third-order valence-electron chi connectivity index (χ3n) is 6.80. The van der Waals surface area contributed by atoms with E-state index in [-0.39, 0.29) is 23.3 Å². The normalized spacial score (nSPS) is 20.0. The van der Waals surface area contributed by atoms with Gasteiger partial charge in [-0.2, -0.15) is 4.31 Å². The van der Waals surface area contributed by atoms with Crippen molar-refractivity contribution < 1.29 is 13.2 Å². The zero-order valence-electron chi connectivity index (χ0n) is 19.3. The molecule has 178 valence electrons. The molecule has 9 heteroatoms. The number of hydrogen-bond acceptors (Lipinski definition) is 6. The van der Waals surface area contributed by atoms with Crippen LogP contribution in [0.15, 0.2) is 59.8 Å². The average Bonchev–Trinajstić information content (AvgIpc) is 2.88. The highest BCUT2D eigenvalue weighted by Crippen LogP contribution is 2.27. The minimum absolute atomic E-state index is 0.0519. The average molecular weight is 480 g/mol. The van der Waals surface area contributed by atoms with E-state index in [0.29, 0.717) is 39.1 Å². The number of benzene rings is 2. The quantitative estimate of drug-likeness (QED) is 0.572. The minimum atomic E-state index is -3.60. The molecule has 3 aromatic rings. The Bertz CT molecular complexity index is 1280. The van der Waals surface area contributed by atoms with Crippen LogP contribution >= 0.6 is 0 Å². The van der Waals surface area contributed by atoms with Crippen molar-refractivity contribution in [2.45, 2.75) is 24.7 Å². The van der Waals surface area contributed by atoms with Crippen LogP contribution in [0.25, 0.3) is 10.9 Å². The lowest BCUT2D eigenvalue weighted by Gasteiger charge is -2.39. The van der Waals surface area contributed by atoms with Crippen molar-refractivity contribution in [3.05, 3.63) is 60.4 Å². The number of anilines is 1. The van der Waals surface area contributed by atoms with E-state index >= 15 is 0 Å². The number of fused-ring (bicyclic) bond motifs is 1. The zero-order valence-corrected chi connectivity index (χ0v) is 20.1. The maximum Gasteiger partial charge on any atom is 0.243 e. The molecule has 0 saturated carbocycles. The number of carbonyl (C=O) groups excluding carboxylic acids is 1. The summed E-state index contributed by atoms with van der Waals surface area (Å²) in [5, 5.41) is 1.01. The molecule has 8 nitrogen and oxygen atoms in total. The molecule has 2 saturated heterocycles. The molecule has 0 aliphatic carbocycles. The summed E-state index contributed by atoms with van der Waals surface area (Å²) in [6.07, 6.45) is 2.99. The van der Waals surface area contributed by atoms with E-state index in [0.717, 1.165) is 28.7 Å². The van der Waals surface area contributed by atoms with Crippen molar-refractivity contribution in [1.29, 1.82) is 0 Å². The second kappa shape index (κ2) is 9.31. The Labute approximate surface area is 200 Å². The molecule has 2 aliphatic heterocycles. The summed E-state index contributed by atoms with van der Waals surface area (Å²) >= 11 is 0. The first kappa shape index (κ1) is 22.7. The first-order chi connectivity index (χ1) is 16.4. The first-order valence-electron chi connectivity index (χ1n) is 11.7. The molecule has 2 fully saturated rings. The Morgan fingerprint density at radius 1 is 0.941 bits per heavy atom. The van der Waals surface area contributed by atoms with E-state index in [2.05, 4.69) is 14.9 Å². The molecule has 3 heterocycles. The molecule has 1 unspecified atom stereocenters. The first-order valence-corrected chi connectivity index (χ1v) is 13.2. The van der Waals surface area contributed by atoms with E-state index in [4.69, 9.17) is 0 Å². The molecule has 5 rings (SSSR count). The Kier molecular flexibility index (Phi) is 6.22. The number of sulfonamides is 1. The lowest BCUT2D eigenvalue weighted by atomic mass is 9.97. The maximum absolute atomic E-state index is 13.3. The van der Waals surface area contributed by atoms with E-state index in [1.165, 1.54) is 4.31 Å². The monoisotopic (exact) mass is 479 g/mol. The standard InChI is InChI=1S/C25H29N5O3S/c1-19-8-10-21(11-9-19)34(32,33)30-12-4-5-20(17-30)25(31)29-15-13-28(14-16-29)24-22-6-2-3-7-23(22)26-18-27-24/h2-3,6-11,18,20H,4-5,12-17H2,1H3. The molecule has 0 radical (unpaired) electrons. The summed E-state index contributed by atoms with van der Waals surface area (Å²) < 4.78 is 27.7. The lowest BCUT2D eigenvalue weighted by molar-refractivity contribution is -0.137. The predicted octanol–water partition coefficient (Wildman–Crippen LogP) is 2.69. The Morgan fingerprint density at radius 2 is 1.68 bits per heavy atom. The molecule has 34 heavy (non-hydrogen) atoms. The molecule has 1 aromatic heterocycles. The van der Waals surface area contributed by atoms with Crippen LogP contribution in [0.5, 0.6) is 0 Å². The SMILES string of the molecule is Cc1ccc(S(=O)(=O)N2CCCC(C(=O)N3CCN(c4ncnc5ccccc45)CC3)C2)cc1. The fraction of sp³-hybridized carbons (Fsp3) is 0.400. The van der Waals surface area contributed by atoms with E-state index < -0.39 is 10.0 Å². The highest BCUT2D eigenvalue weighted by molar-refractivity contribution is 7.89. The third-order valence-corrected chi connectivity index (χ3v) is 8.68. The molecular formula is C25H29N5O3S. The van der Waals surface area contributed by atoms with Gasteiger partial charge in [0.1, 0.15) is 12.1 Å². The number of piperidine rings is 1. The van der Waals surface area contributed by atoms with Crippen molar-refractivity contribution in [1.82, 2.24) is 19.2 Å². The predicted molar refractivity (Wildman–Crippen MR) is 131 cm³/mol. The summed E-state index contributed by atoms with van der Waals surface area (Å²) in [7, 11) is -3.60. The second-order valence-corrected chi connectivity index (χ2v) is 11.0. The zero-order chi connectivity index (χ0) is 23.7. The maximum atomic E-state index is 13.3. The van der Waals surface area contributed by atoms with Gasteiger partial charge >= 0.3 is 0 Å². The fourth-order valence-corrected chi connectivity index (χ4v) is 6.38. The highest BCUT2D eigenvalue weighted by Gasteiger charge is 2.36. The Hall–Kier alpha value is -3.04. The van der Waals surface area contributed by atoms with Gasteiger partial charge in [-0.3, -0.25) is 4.79 Å². The van der Waals surface area contributed by atoms with Crippen LogP contribution in [0.2, 0.25) is 0 Å². The summed E-state index contributed by atoms with van der Waals surface area (Å²) in [6.45, 7) is 5.19. The van der Waals surface area contributed by atoms with Gasteiger partial charge in [0.15, 0.2) is 0 Å². The second-order valence-electron chi connectivity index (χ2n) is 9.04. The number of nitrogens with zero attached hydrogens (tertiary/aromatic N) is 5. The molecule has 0 spiro atoms. The van der Waals surface area contributed by atoms with Crippen molar-refractivity contribution in [3.63, 3.8) is 0 Å². The number of hydrogen-bond donors (Lipinski definition) is 0. The van der Waals surface area contributed by atoms with Gasteiger partial charge in [0.25, 0.3) is 0 Å². The van der Waals surface area contributed by atoms with E-state index in [9.17, 15) is 13.2 Å². The van der Waals surface area contributed by atoms with Crippen molar-refractivity contribution in [3.8, 4) is 0 Å². The van der Waals surface area contributed by atoms with Gasteiger partial charge in [0.2, 0.25) is 15.9 Å². The van der Waals surface area contributed by atoms with Gasteiger partial charge < -0.3 is 9.80 Å². The number of aryl methyl sites for hydroxylation is 1. The fourth-order valence-electron chi connectivity index (χ4n) is 4.86. The van der Waals surface area contributed by atoms with E-state index in [1.807, 2.05) is 36.1 Å². The van der Waals surface area contributed by atoms with Gasteiger partial charge in [-0.05, 0) is 44.0 Å². The van der Waals surface area contributed by atoms with Crippen LogP contribution in [0, 0.1) is 12.8 Å². The smallest absolute Gasteiger partial charge is 0.243 e. The minimum Gasteiger partial charge on any atom is -0.352 e. The van der Waals surface area contributed by atoms with Gasteiger partial charge in [0.05, 0.1) is 16.3 Å². The van der Waals surface area contributed by atoms with Crippen LogP contribution in [-0.2, 0) is 14.8 Å². The Balaban J connectivity index is 1.24. The van der Waals surface area contributed by atoms with Crippen LogP contribution < -0.4 is 4.90 Å². The molecule has 0 bridgehead atoms. The summed E-state index contributed by atoms with van der Waals surface area (Å²) in [6, 6.07) is 14.8. The molecule has 1 amide bonds. The molecule has 1 atom stereocenters. The Morgan fingerprint density at radius 3 is 2.44 bits per heavy atom. The van der Waals surface area contributed by atoms with Crippen LogP contribution in [0.1, 0.15) is 18.4 Å². The topological polar surface area (TPSA) is 86.7 Å². The number of para-hydroxylation sites is 1. The summed E-state index contributed by atoms with van der Waals surface area (Å²) in [5.74, 6) is 0.641. The number of carbonyl (C=O) groups is 1. The van der Waals surface area contributed by atoms with Gasteiger partial charge in [-0.15, -0.1) is 0 Å². The molecule has 0 N–H and O–H groups in total. The third kappa shape index (κ3) is 4.37. The van der Waals surface area contributed by atoms with Crippen molar-refractivity contribution in [2.24, 2.45) is 5.92 Å². The largest absolute Gasteiger partial charge is 0.352 e. The van der Waals surface area contributed by atoms with Gasteiger partial charge in [-0.25, -0.2) is 18.4 Å². The molecule has 2 aromatic carbocycles. The van der Waals surface area contributed by atoms with Crippen molar-refractivity contribution >= 4 is 32.7 Å². The molecular weight excluding hydrogens is 450 g/mol. The van der Waals surface area contributed by atoms with Crippen molar-refractivity contribution in [2.75, 3.05) is 44.2 Å². The molecule has 2 aliphatic rings. The summed E-state index contributed by atoms with van der Waals surface area (Å²) in [4.78, 5) is 26.5. The number of aromatic nitrogens is 2. The highest BCUT2D eigenvalue weighted by atomic mass is 32.2. The van der Waals surface area contributed by atoms with Crippen LogP contribution in [0.3, 0.4) is 0 Å². The van der Waals surface area contributed by atoms with Crippen LogP contribution in [0.4, 0.5) is 5.82 Å². The van der Waals surface area contributed by atoms with E-state index in [1.54, 1.807) is 30.6 Å². The number of piperazine rings is 1. The lowest BCUT2D eigenvalue weighted by Crippen LogP contribution is -2.53. The van der Waals surface area contributed by atoms with Gasteiger partial charge in [-0.1, -0.05) is 29.8 Å². The number of rotatable bonds is 4. The van der Waals surface area contributed by atoms with Gasteiger partial charge in [0, 0.05) is 44.7 Å².